The quantitative estimate of drug-likeness (QED) is 0.474. The Morgan fingerprint density at radius 1 is 1.00 bits per heavy atom. The summed E-state index contributed by atoms with van der Waals surface area (Å²) in [5.74, 6) is -0.0892. The van der Waals surface area contributed by atoms with E-state index in [0.717, 1.165) is 4.47 Å². The van der Waals surface area contributed by atoms with Gasteiger partial charge in [0.05, 0.1) is 18.9 Å². The Bertz CT molecular complexity index is 1040. The van der Waals surface area contributed by atoms with Crippen molar-refractivity contribution in [3.63, 3.8) is 0 Å². The molecule has 3 N–H and O–H groups in total. The third-order valence-electron chi connectivity index (χ3n) is 3.78. The van der Waals surface area contributed by atoms with Gasteiger partial charge in [-0.25, -0.2) is 0 Å². The number of hydrogen-bond donors (Lipinski definition) is 3. The zero-order chi connectivity index (χ0) is 20.8. The van der Waals surface area contributed by atoms with Gasteiger partial charge in [0, 0.05) is 15.8 Å². The first-order valence-corrected chi connectivity index (χ1v) is 9.57. The third-order valence-corrected chi connectivity index (χ3v) is 4.48. The first kappa shape index (κ1) is 20.6. The van der Waals surface area contributed by atoms with Crippen molar-refractivity contribution >= 4 is 56.4 Å². The van der Waals surface area contributed by atoms with E-state index in [1.54, 1.807) is 54.6 Å². The van der Waals surface area contributed by atoms with Crippen LogP contribution in [0.4, 0.5) is 11.4 Å². The lowest BCUT2D eigenvalue weighted by Crippen LogP contribution is -2.34. The van der Waals surface area contributed by atoms with Gasteiger partial charge in [0.15, 0.2) is 10.9 Å². The largest absolute Gasteiger partial charge is 0.496 e. The highest BCUT2D eigenvalue weighted by Gasteiger charge is 2.14. The number of anilines is 2. The van der Waals surface area contributed by atoms with Gasteiger partial charge in [-0.1, -0.05) is 15.9 Å². The Balaban J connectivity index is 1.59. The number of methoxy groups -OCH3 is 1. The van der Waals surface area contributed by atoms with Gasteiger partial charge < -0.3 is 19.8 Å². The molecule has 3 aromatic rings. The lowest BCUT2D eigenvalue weighted by molar-refractivity contribution is 0.0972. The van der Waals surface area contributed by atoms with Crippen molar-refractivity contribution in [2.24, 2.45) is 0 Å². The normalized spacial score (nSPS) is 10.1. The van der Waals surface area contributed by atoms with Gasteiger partial charge in [0.25, 0.3) is 11.8 Å². The molecule has 0 radical (unpaired) electrons. The molecule has 29 heavy (non-hydrogen) atoms. The molecule has 2 aromatic carbocycles. The third kappa shape index (κ3) is 5.43. The molecule has 0 spiro atoms. The van der Waals surface area contributed by atoms with E-state index in [2.05, 4.69) is 31.9 Å². The molecule has 0 bridgehead atoms. The molecule has 1 heterocycles. The molecule has 0 aliphatic rings. The molecule has 2 amide bonds. The van der Waals surface area contributed by atoms with Crippen LogP contribution < -0.4 is 20.7 Å². The molecule has 9 heteroatoms. The van der Waals surface area contributed by atoms with Crippen molar-refractivity contribution in [1.82, 2.24) is 5.32 Å². The summed E-state index contributed by atoms with van der Waals surface area (Å²) in [6.07, 6.45) is 1.43. The van der Waals surface area contributed by atoms with Crippen LogP contribution in [0, 0.1) is 0 Å². The molecule has 0 fully saturated rings. The molecule has 1 aromatic heterocycles. The lowest BCUT2D eigenvalue weighted by Gasteiger charge is -2.12. The predicted molar refractivity (Wildman–Crippen MR) is 117 cm³/mol. The Hall–Kier alpha value is -3.17. The zero-order valence-corrected chi connectivity index (χ0v) is 17.6. The second-order valence-corrected chi connectivity index (χ2v) is 7.09. The van der Waals surface area contributed by atoms with E-state index in [1.165, 1.54) is 13.4 Å². The minimum atomic E-state index is -0.400. The van der Waals surface area contributed by atoms with Gasteiger partial charge in [-0.2, -0.15) is 0 Å². The van der Waals surface area contributed by atoms with Crippen molar-refractivity contribution in [2.45, 2.75) is 0 Å². The van der Waals surface area contributed by atoms with Crippen LogP contribution in [0.5, 0.6) is 5.75 Å². The van der Waals surface area contributed by atoms with Crippen LogP contribution in [-0.2, 0) is 0 Å². The number of ether oxygens (including phenoxy) is 1. The zero-order valence-electron chi connectivity index (χ0n) is 15.2. The van der Waals surface area contributed by atoms with Crippen LogP contribution in [0.25, 0.3) is 0 Å². The average Bonchev–Trinajstić information content (AvgIpc) is 3.24. The monoisotopic (exact) mass is 473 g/mol. The number of thiocarbonyl (C=S) groups is 1. The van der Waals surface area contributed by atoms with Gasteiger partial charge in [-0.05, 0) is 66.8 Å². The maximum Gasteiger partial charge on any atom is 0.291 e. The van der Waals surface area contributed by atoms with E-state index < -0.39 is 5.91 Å². The fourth-order valence-corrected chi connectivity index (χ4v) is 3.00. The highest BCUT2D eigenvalue weighted by atomic mass is 79.9. The molecule has 3 rings (SSSR count). The molecular formula is C20H16BrN3O4S. The highest BCUT2D eigenvalue weighted by molar-refractivity contribution is 9.10. The Kier molecular flexibility index (Phi) is 6.63. The molecule has 148 valence electrons. The van der Waals surface area contributed by atoms with Crippen LogP contribution in [0.15, 0.2) is 69.8 Å². The smallest absolute Gasteiger partial charge is 0.291 e. The number of benzene rings is 2. The number of halogens is 1. The number of rotatable bonds is 5. The van der Waals surface area contributed by atoms with Gasteiger partial charge in [-0.3, -0.25) is 14.9 Å². The summed E-state index contributed by atoms with van der Waals surface area (Å²) >= 11 is 8.53. The van der Waals surface area contributed by atoms with E-state index in [-0.39, 0.29) is 16.8 Å². The summed E-state index contributed by atoms with van der Waals surface area (Å²) in [4.78, 5) is 24.4. The fourth-order valence-electron chi connectivity index (χ4n) is 2.43. The van der Waals surface area contributed by atoms with Crippen LogP contribution in [0.1, 0.15) is 20.9 Å². The van der Waals surface area contributed by atoms with Crippen molar-refractivity contribution in [3.05, 3.63) is 76.7 Å². The van der Waals surface area contributed by atoms with E-state index in [9.17, 15) is 9.59 Å². The molecule has 0 atom stereocenters. The van der Waals surface area contributed by atoms with Gasteiger partial charge in [0.1, 0.15) is 5.75 Å². The maximum atomic E-state index is 12.5. The van der Waals surface area contributed by atoms with Crippen molar-refractivity contribution in [2.75, 3.05) is 17.7 Å². The summed E-state index contributed by atoms with van der Waals surface area (Å²) in [7, 11) is 1.49. The van der Waals surface area contributed by atoms with Crippen molar-refractivity contribution in [3.8, 4) is 5.75 Å². The molecular weight excluding hydrogens is 458 g/mol. The van der Waals surface area contributed by atoms with Crippen molar-refractivity contribution in [1.29, 1.82) is 0 Å². The first-order valence-electron chi connectivity index (χ1n) is 8.37. The SMILES string of the molecule is COc1ccc(Br)cc1C(=O)NC(=S)Nc1ccc(NC(=O)c2ccco2)cc1. The minimum absolute atomic E-state index is 0.129. The average molecular weight is 474 g/mol. The van der Waals surface area contributed by atoms with Crippen LogP contribution >= 0.6 is 28.1 Å². The molecule has 7 nitrogen and oxygen atoms in total. The van der Waals surface area contributed by atoms with Crippen LogP contribution in [0.2, 0.25) is 0 Å². The first-order chi connectivity index (χ1) is 14.0. The van der Waals surface area contributed by atoms with Gasteiger partial charge in [0.2, 0.25) is 0 Å². The predicted octanol–water partition coefficient (Wildman–Crippen LogP) is 4.43. The van der Waals surface area contributed by atoms with Crippen LogP contribution in [-0.4, -0.2) is 24.0 Å². The Labute approximate surface area is 180 Å². The standard InChI is InChI=1S/C20H16BrN3O4S/c1-27-16-9-4-12(21)11-15(16)18(25)24-20(29)23-14-7-5-13(6-8-14)22-19(26)17-3-2-10-28-17/h2-11H,1H3,(H,22,26)(H2,23,24,25,29). The second kappa shape index (κ2) is 9.35. The van der Waals surface area contributed by atoms with Crippen molar-refractivity contribution < 1.29 is 18.7 Å². The molecule has 0 unspecified atom stereocenters. The minimum Gasteiger partial charge on any atom is -0.496 e. The summed E-state index contributed by atoms with van der Waals surface area (Å²) in [5.41, 5.74) is 1.58. The molecule has 0 aliphatic carbocycles. The molecule has 0 aliphatic heterocycles. The van der Waals surface area contributed by atoms with E-state index in [0.29, 0.717) is 22.7 Å². The van der Waals surface area contributed by atoms with Crippen LogP contribution in [0.3, 0.4) is 0 Å². The second-order valence-electron chi connectivity index (χ2n) is 5.76. The fraction of sp³-hybridized carbons (Fsp3) is 0.0500. The van der Waals surface area contributed by atoms with E-state index in [1.807, 2.05) is 0 Å². The summed E-state index contributed by atoms with van der Waals surface area (Å²) in [5, 5.41) is 8.37. The number of carbonyl (C=O) groups is 2. The topological polar surface area (TPSA) is 92.6 Å². The maximum absolute atomic E-state index is 12.5. The van der Waals surface area contributed by atoms with E-state index in [4.69, 9.17) is 21.4 Å². The van der Waals surface area contributed by atoms with Gasteiger partial charge >= 0.3 is 0 Å². The number of furan rings is 1. The number of hydrogen-bond acceptors (Lipinski definition) is 5. The Morgan fingerprint density at radius 3 is 2.31 bits per heavy atom. The number of nitrogens with one attached hydrogen (secondary N) is 3. The highest BCUT2D eigenvalue weighted by Crippen LogP contribution is 2.23. The Morgan fingerprint density at radius 2 is 1.69 bits per heavy atom. The number of carbonyl (C=O) groups excluding carboxylic acids is 2. The van der Waals surface area contributed by atoms with Gasteiger partial charge in [-0.15, -0.1) is 0 Å². The summed E-state index contributed by atoms with van der Waals surface area (Å²) < 4.78 is 11.0. The summed E-state index contributed by atoms with van der Waals surface area (Å²) in [6.45, 7) is 0. The van der Waals surface area contributed by atoms with E-state index >= 15 is 0 Å². The lowest BCUT2D eigenvalue weighted by atomic mass is 10.2. The molecule has 0 saturated carbocycles. The summed E-state index contributed by atoms with van der Waals surface area (Å²) in [6, 6.07) is 15.2. The molecule has 0 saturated heterocycles. The number of amides is 2.